The molecular weight excluding hydrogens is 454 g/mol. The number of nitrogens with zero attached hydrogens (tertiary/aromatic N) is 6. The molecule has 190 valence electrons. The number of hydrogen-bond acceptors (Lipinski definition) is 6. The molecule has 1 N–H and O–H groups in total. The number of benzene rings is 1. The summed E-state index contributed by atoms with van der Waals surface area (Å²) in [6.07, 6.45) is 7.01. The zero-order valence-corrected chi connectivity index (χ0v) is 21.9. The van der Waals surface area contributed by atoms with E-state index in [4.69, 9.17) is 14.6 Å². The summed E-state index contributed by atoms with van der Waals surface area (Å²) in [6.45, 7) is 10.6. The zero-order chi connectivity index (χ0) is 25.4. The fourth-order valence-corrected chi connectivity index (χ4v) is 4.77. The van der Waals surface area contributed by atoms with Crippen LogP contribution in [0.4, 0.5) is 0 Å². The van der Waals surface area contributed by atoms with Gasteiger partial charge < -0.3 is 9.47 Å². The zero-order valence-electron chi connectivity index (χ0n) is 21.9. The molecule has 0 saturated carbocycles. The van der Waals surface area contributed by atoms with Crippen molar-refractivity contribution in [2.75, 3.05) is 13.6 Å². The standard InChI is InChI=1S/C27H35N7O2/c1-7-12-34-25-16-32(5)15-18(4)36-27-22(14-28-33(27)6)19-8-10-23-21(13-19)24(30-29-23)11-9-20(25)26(31-34)35-17(2)3/h8-11,13-14,17-18H,7,12,15-16H2,1-6H3,(H,29,30)/b11-9+. The molecule has 0 fully saturated rings. The lowest BCUT2D eigenvalue weighted by Gasteiger charge is -2.23. The van der Waals surface area contributed by atoms with E-state index < -0.39 is 0 Å². The van der Waals surface area contributed by atoms with Gasteiger partial charge in [-0.3, -0.25) is 14.7 Å². The summed E-state index contributed by atoms with van der Waals surface area (Å²) < 4.78 is 16.5. The van der Waals surface area contributed by atoms with E-state index >= 15 is 0 Å². The molecule has 4 aromatic rings. The largest absolute Gasteiger partial charge is 0.473 e. The van der Waals surface area contributed by atoms with Crippen molar-refractivity contribution in [3.63, 3.8) is 0 Å². The van der Waals surface area contributed by atoms with Crippen molar-refractivity contribution in [2.45, 2.75) is 59.4 Å². The molecule has 36 heavy (non-hydrogen) atoms. The first-order chi connectivity index (χ1) is 17.3. The van der Waals surface area contributed by atoms with Crippen LogP contribution < -0.4 is 9.47 Å². The van der Waals surface area contributed by atoms with E-state index in [1.165, 1.54) is 0 Å². The lowest BCUT2D eigenvalue weighted by Crippen LogP contribution is -2.32. The molecule has 1 aliphatic rings. The van der Waals surface area contributed by atoms with Crippen molar-refractivity contribution in [2.24, 2.45) is 7.05 Å². The Hall–Kier alpha value is -3.59. The second kappa shape index (κ2) is 9.81. The molecule has 3 aromatic heterocycles. The summed E-state index contributed by atoms with van der Waals surface area (Å²) >= 11 is 0. The summed E-state index contributed by atoms with van der Waals surface area (Å²) in [5.41, 5.74) is 5.96. The number of fused-ring (bicyclic) bond motifs is 4. The van der Waals surface area contributed by atoms with Crippen LogP contribution in [0, 0.1) is 0 Å². The van der Waals surface area contributed by atoms with Crippen molar-refractivity contribution in [1.82, 2.24) is 34.7 Å². The Bertz CT molecular complexity index is 1390. The maximum atomic E-state index is 6.46. The Kier molecular flexibility index (Phi) is 6.57. The maximum Gasteiger partial charge on any atom is 0.240 e. The molecule has 1 aliphatic heterocycles. The van der Waals surface area contributed by atoms with Gasteiger partial charge in [-0.15, -0.1) is 5.10 Å². The van der Waals surface area contributed by atoms with Crippen LogP contribution in [-0.2, 0) is 20.1 Å². The molecule has 4 heterocycles. The second-order valence-electron chi connectivity index (χ2n) is 9.87. The normalized spacial score (nSPS) is 17.5. The summed E-state index contributed by atoms with van der Waals surface area (Å²) in [7, 11) is 4.03. The number of aromatic amines is 1. The van der Waals surface area contributed by atoms with Crippen LogP contribution in [0.25, 0.3) is 34.2 Å². The van der Waals surface area contributed by atoms with Gasteiger partial charge in [-0.05, 0) is 64.1 Å². The van der Waals surface area contributed by atoms with Crippen LogP contribution in [-0.4, -0.2) is 60.5 Å². The SMILES string of the molecule is CCCn1nc(OC(C)C)c2c1CN(C)CC(C)Oc1c(cnn1C)-c1ccc3n[nH]c(c3c1)/C=C/2. The Morgan fingerprint density at radius 3 is 2.83 bits per heavy atom. The first-order valence-corrected chi connectivity index (χ1v) is 12.6. The topological polar surface area (TPSA) is 86.0 Å². The third-order valence-corrected chi connectivity index (χ3v) is 6.34. The fraction of sp³-hybridized carbons (Fsp3) is 0.444. The van der Waals surface area contributed by atoms with Gasteiger partial charge >= 0.3 is 0 Å². The van der Waals surface area contributed by atoms with Gasteiger partial charge in [0.1, 0.15) is 6.10 Å². The molecule has 0 amide bonds. The highest BCUT2D eigenvalue weighted by Gasteiger charge is 2.22. The van der Waals surface area contributed by atoms with Crippen molar-refractivity contribution >= 4 is 23.1 Å². The van der Waals surface area contributed by atoms with Crippen LogP contribution in [0.2, 0.25) is 0 Å². The third-order valence-electron chi connectivity index (χ3n) is 6.34. The van der Waals surface area contributed by atoms with E-state index in [1.807, 2.05) is 33.2 Å². The molecule has 9 heteroatoms. The van der Waals surface area contributed by atoms with Crippen LogP contribution in [0.5, 0.6) is 11.8 Å². The number of aryl methyl sites for hydroxylation is 2. The summed E-state index contributed by atoms with van der Waals surface area (Å²) in [4.78, 5) is 2.27. The van der Waals surface area contributed by atoms with Gasteiger partial charge in [0, 0.05) is 32.1 Å². The Balaban J connectivity index is 1.69. The molecule has 0 radical (unpaired) electrons. The van der Waals surface area contributed by atoms with E-state index in [9.17, 15) is 0 Å². The van der Waals surface area contributed by atoms with Crippen LogP contribution >= 0.6 is 0 Å². The van der Waals surface area contributed by atoms with E-state index in [0.29, 0.717) is 12.4 Å². The van der Waals surface area contributed by atoms with E-state index in [1.54, 1.807) is 4.68 Å². The van der Waals surface area contributed by atoms with Gasteiger partial charge in [0.2, 0.25) is 11.8 Å². The third kappa shape index (κ3) is 4.63. The maximum absolute atomic E-state index is 6.46. The minimum atomic E-state index is -0.0459. The Morgan fingerprint density at radius 1 is 1.22 bits per heavy atom. The summed E-state index contributed by atoms with van der Waals surface area (Å²) in [5.74, 6) is 1.42. The quantitative estimate of drug-likeness (QED) is 0.446. The Labute approximate surface area is 211 Å². The second-order valence-corrected chi connectivity index (χ2v) is 9.87. The van der Waals surface area contributed by atoms with Gasteiger partial charge in [0.15, 0.2) is 0 Å². The molecule has 1 aromatic carbocycles. The molecule has 0 saturated heterocycles. The number of ether oxygens (including phenoxy) is 2. The average molecular weight is 490 g/mol. The molecule has 1 atom stereocenters. The van der Waals surface area contributed by atoms with Gasteiger partial charge in [0.25, 0.3) is 0 Å². The van der Waals surface area contributed by atoms with Crippen molar-refractivity contribution in [3.8, 4) is 22.9 Å². The molecule has 0 spiro atoms. The lowest BCUT2D eigenvalue weighted by atomic mass is 10.1. The van der Waals surface area contributed by atoms with E-state index in [2.05, 4.69) is 70.1 Å². The van der Waals surface area contributed by atoms with E-state index in [-0.39, 0.29) is 12.2 Å². The molecular formula is C27H35N7O2. The first-order valence-electron chi connectivity index (χ1n) is 12.6. The van der Waals surface area contributed by atoms with Gasteiger partial charge in [0.05, 0.1) is 40.3 Å². The average Bonchev–Trinajstić information content (AvgIpc) is 3.48. The minimum absolute atomic E-state index is 0.0258. The minimum Gasteiger partial charge on any atom is -0.473 e. The number of nitrogens with one attached hydrogen (secondary N) is 1. The van der Waals surface area contributed by atoms with E-state index in [0.717, 1.165) is 64.4 Å². The fourth-order valence-electron chi connectivity index (χ4n) is 4.77. The van der Waals surface area contributed by atoms with Crippen LogP contribution in [0.15, 0.2) is 24.4 Å². The van der Waals surface area contributed by atoms with Gasteiger partial charge in [-0.1, -0.05) is 13.0 Å². The molecule has 9 nitrogen and oxygen atoms in total. The number of likely N-dealkylation sites (N-methyl/N-ethyl adjacent to an activating group) is 1. The summed E-state index contributed by atoms with van der Waals surface area (Å²) in [5, 5.41) is 18.1. The Morgan fingerprint density at radius 2 is 2.06 bits per heavy atom. The van der Waals surface area contributed by atoms with Crippen molar-refractivity contribution in [1.29, 1.82) is 0 Å². The lowest BCUT2D eigenvalue weighted by molar-refractivity contribution is 0.147. The predicted molar refractivity (Wildman–Crippen MR) is 142 cm³/mol. The molecule has 5 rings (SSSR count). The number of aromatic nitrogens is 6. The summed E-state index contributed by atoms with van der Waals surface area (Å²) in [6, 6.07) is 6.24. The smallest absolute Gasteiger partial charge is 0.240 e. The number of H-pyrrole nitrogens is 1. The van der Waals surface area contributed by atoms with Crippen LogP contribution in [0.3, 0.4) is 0 Å². The molecule has 1 unspecified atom stereocenters. The van der Waals surface area contributed by atoms with Gasteiger partial charge in [-0.25, -0.2) is 4.68 Å². The molecule has 0 aliphatic carbocycles. The van der Waals surface area contributed by atoms with Crippen molar-refractivity contribution < 1.29 is 9.47 Å². The highest BCUT2D eigenvalue weighted by Crippen LogP contribution is 2.34. The first kappa shape index (κ1) is 24.1. The highest BCUT2D eigenvalue weighted by molar-refractivity contribution is 5.93. The number of rotatable bonds is 4. The highest BCUT2D eigenvalue weighted by atomic mass is 16.5. The predicted octanol–water partition coefficient (Wildman–Crippen LogP) is 4.74. The van der Waals surface area contributed by atoms with Crippen molar-refractivity contribution in [3.05, 3.63) is 41.3 Å². The number of hydrogen-bond donors (Lipinski definition) is 1. The monoisotopic (exact) mass is 489 g/mol. The molecule has 2 bridgehead atoms. The van der Waals surface area contributed by atoms with Crippen LogP contribution in [0.1, 0.15) is 51.1 Å². The van der Waals surface area contributed by atoms with Gasteiger partial charge in [-0.2, -0.15) is 10.2 Å².